The minimum atomic E-state index is 0.240. The zero-order chi connectivity index (χ0) is 18.6. The average molecular weight is 382 g/mol. The third kappa shape index (κ3) is 4.38. The van der Waals surface area contributed by atoms with E-state index in [0.29, 0.717) is 6.04 Å². The molecule has 1 aliphatic heterocycles. The second-order valence-electron chi connectivity index (χ2n) is 7.37. The molecule has 1 atom stereocenters. The summed E-state index contributed by atoms with van der Waals surface area (Å²) in [6.07, 6.45) is 0.822. The van der Waals surface area contributed by atoms with Crippen LogP contribution in [0.25, 0.3) is 10.2 Å². The molecule has 1 aliphatic rings. The Bertz CT molecular complexity index is 861. The molecule has 4 rings (SSSR count). The molecule has 1 fully saturated rings. The Labute approximate surface area is 165 Å². The van der Waals surface area contributed by atoms with Gasteiger partial charge in [0.1, 0.15) is 5.01 Å². The first-order chi connectivity index (χ1) is 13.2. The molecule has 0 unspecified atom stereocenters. The van der Waals surface area contributed by atoms with Gasteiger partial charge in [-0.25, -0.2) is 4.98 Å². The van der Waals surface area contributed by atoms with E-state index in [2.05, 4.69) is 59.2 Å². The smallest absolute Gasteiger partial charge is 0.108 e. The second-order valence-corrected chi connectivity index (χ2v) is 8.49. The van der Waals surface area contributed by atoms with Crippen LogP contribution in [0.15, 0.2) is 48.5 Å². The number of hydrogen-bond donors (Lipinski definition) is 1. The third-order valence-electron chi connectivity index (χ3n) is 5.48. The van der Waals surface area contributed by atoms with Crippen molar-refractivity contribution in [2.75, 3.05) is 26.2 Å². The van der Waals surface area contributed by atoms with E-state index in [-0.39, 0.29) is 6.61 Å². The van der Waals surface area contributed by atoms with Crippen molar-refractivity contribution < 1.29 is 5.11 Å². The summed E-state index contributed by atoms with van der Waals surface area (Å²) >= 11 is 1.80. The summed E-state index contributed by atoms with van der Waals surface area (Å²) in [4.78, 5) is 9.82. The lowest BCUT2D eigenvalue weighted by molar-refractivity contribution is 0.0498. The van der Waals surface area contributed by atoms with Gasteiger partial charge in [-0.15, -0.1) is 11.3 Å². The van der Waals surface area contributed by atoms with Gasteiger partial charge in [-0.3, -0.25) is 9.80 Å². The molecule has 0 aliphatic carbocycles. The highest BCUT2D eigenvalue weighted by atomic mass is 32.1. The Kier molecular flexibility index (Phi) is 5.83. The lowest BCUT2D eigenvalue weighted by Gasteiger charge is -2.41. The van der Waals surface area contributed by atoms with Gasteiger partial charge in [0.25, 0.3) is 0 Å². The fourth-order valence-corrected chi connectivity index (χ4v) is 4.93. The Morgan fingerprint density at radius 3 is 2.70 bits per heavy atom. The van der Waals surface area contributed by atoms with E-state index in [4.69, 9.17) is 4.98 Å². The SMILES string of the molecule is Cc1ccccc1CN1CCN(Cc2nc3ccccc3s2)C[C@@H]1CCO. The second kappa shape index (κ2) is 8.48. The molecule has 27 heavy (non-hydrogen) atoms. The molecule has 0 spiro atoms. The van der Waals surface area contributed by atoms with E-state index in [1.807, 2.05) is 6.07 Å². The quantitative estimate of drug-likeness (QED) is 0.707. The van der Waals surface area contributed by atoms with Gasteiger partial charge in [-0.2, -0.15) is 0 Å². The number of aryl methyl sites for hydroxylation is 1. The molecule has 142 valence electrons. The van der Waals surface area contributed by atoms with Crippen LogP contribution in [-0.4, -0.2) is 52.2 Å². The fourth-order valence-electron chi connectivity index (χ4n) is 3.92. The number of benzene rings is 2. The van der Waals surface area contributed by atoms with Crippen LogP contribution in [0.4, 0.5) is 0 Å². The topological polar surface area (TPSA) is 39.6 Å². The molecule has 5 heteroatoms. The Hall–Kier alpha value is -1.79. The van der Waals surface area contributed by atoms with Crippen molar-refractivity contribution in [3.8, 4) is 0 Å². The molecule has 1 saturated heterocycles. The number of piperazine rings is 1. The van der Waals surface area contributed by atoms with E-state index >= 15 is 0 Å². The Balaban J connectivity index is 1.43. The molecule has 0 saturated carbocycles. The Morgan fingerprint density at radius 1 is 1.07 bits per heavy atom. The van der Waals surface area contributed by atoms with Crippen LogP contribution in [0.3, 0.4) is 0 Å². The monoisotopic (exact) mass is 381 g/mol. The van der Waals surface area contributed by atoms with Crippen molar-refractivity contribution >= 4 is 21.6 Å². The van der Waals surface area contributed by atoms with Crippen molar-refractivity contribution in [1.82, 2.24) is 14.8 Å². The normalized spacial score (nSPS) is 19.0. The summed E-state index contributed by atoms with van der Waals surface area (Å²) in [5.41, 5.74) is 3.83. The molecule has 2 aromatic carbocycles. The predicted octanol–water partition coefficient (Wildman–Crippen LogP) is 3.67. The van der Waals surface area contributed by atoms with E-state index in [1.165, 1.54) is 20.8 Å². The first-order valence-electron chi connectivity index (χ1n) is 9.69. The molecular formula is C22H27N3OS. The molecule has 1 N–H and O–H groups in total. The maximum absolute atomic E-state index is 9.57. The summed E-state index contributed by atoms with van der Waals surface area (Å²) in [6.45, 7) is 7.35. The number of aliphatic hydroxyl groups excluding tert-OH is 1. The van der Waals surface area contributed by atoms with Gasteiger partial charge in [-0.05, 0) is 36.6 Å². The van der Waals surface area contributed by atoms with Crippen LogP contribution >= 0.6 is 11.3 Å². The van der Waals surface area contributed by atoms with Crippen LogP contribution in [0.2, 0.25) is 0 Å². The molecule has 3 aromatic rings. The van der Waals surface area contributed by atoms with Gasteiger partial charge >= 0.3 is 0 Å². The van der Waals surface area contributed by atoms with Gasteiger partial charge in [-0.1, -0.05) is 36.4 Å². The Morgan fingerprint density at radius 2 is 1.89 bits per heavy atom. The van der Waals surface area contributed by atoms with Crippen molar-refractivity contribution in [2.24, 2.45) is 0 Å². The highest BCUT2D eigenvalue weighted by Gasteiger charge is 2.27. The summed E-state index contributed by atoms with van der Waals surface area (Å²) in [6, 6.07) is 17.4. The maximum Gasteiger partial charge on any atom is 0.108 e. The highest BCUT2D eigenvalue weighted by molar-refractivity contribution is 7.18. The minimum absolute atomic E-state index is 0.240. The summed E-state index contributed by atoms with van der Waals surface area (Å²) in [7, 11) is 0. The molecule has 4 nitrogen and oxygen atoms in total. The lowest BCUT2D eigenvalue weighted by Crippen LogP contribution is -2.52. The first kappa shape index (κ1) is 18.6. The number of aliphatic hydroxyl groups is 1. The summed E-state index contributed by atoms with van der Waals surface area (Å²) in [5, 5.41) is 10.8. The largest absolute Gasteiger partial charge is 0.396 e. The number of nitrogens with zero attached hydrogens (tertiary/aromatic N) is 3. The van der Waals surface area contributed by atoms with E-state index < -0.39 is 0 Å². The summed E-state index contributed by atoms with van der Waals surface area (Å²) in [5.74, 6) is 0. The van der Waals surface area contributed by atoms with Crippen LogP contribution in [0.1, 0.15) is 22.6 Å². The molecule has 0 radical (unpaired) electrons. The number of para-hydroxylation sites is 1. The van der Waals surface area contributed by atoms with Crippen molar-refractivity contribution in [3.63, 3.8) is 0 Å². The van der Waals surface area contributed by atoms with Gasteiger partial charge in [0, 0.05) is 38.8 Å². The fraction of sp³-hybridized carbons (Fsp3) is 0.409. The van der Waals surface area contributed by atoms with Gasteiger partial charge in [0.2, 0.25) is 0 Å². The lowest BCUT2D eigenvalue weighted by atomic mass is 10.0. The number of rotatable bonds is 6. The zero-order valence-corrected chi connectivity index (χ0v) is 16.7. The van der Waals surface area contributed by atoms with Crippen LogP contribution < -0.4 is 0 Å². The van der Waals surface area contributed by atoms with Crippen molar-refractivity contribution in [3.05, 3.63) is 64.7 Å². The number of hydrogen-bond acceptors (Lipinski definition) is 5. The minimum Gasteiger partial charge on any atom is -0.396 e. The average Bonchev–Trinajstić information content (AvgIpc) is 3.08. The number of thiazole rings is 1. The standard InChI is InChI=1S/C22H27N3OS/c1-17-6-2-3-7-18(17)14-25-12-11-24(15-19(25)10-13-26)16-22-23-20-8-4-5-9-21(20)27-22/h2-9,19,26H,10-16H2,1H3/t19-/m0/s1. The highest BCUT2D eigenvalue weighted by Crippen LogP contribution is 2.24. The van der Waals surface area contributed by atoms with Crippen LogP contribution in [0, 0.1) is 6.92 Å². The molecule has 1 aromatic heterocycles. The maximum atomic E-state index is 9.57. The van der Waals surface area contributed by atoms with E-state index in [9.17, 15) is 5.11 Å². The van der Waals surface area contributed by atoms with Crippen LogP contribution in [-0.2, 0) is 13.1 Å². The molecule has 0 amide bonds. The third-order valence-corrected chi connectivity index (χ3v) is 6.50. The summed E-state index contributed by atoms with van der Waals surface area (Å²) < 4.78 is 1.26. The van der Waals surface area contributed by atoms with Gasteiger partial charge in [0.15, 0.2) is 0 Å². The first-order valence-corrected chi connectivity index (χ1v) is 10.5. The van der Waals surface area contributed by atoms with Crippen LogP contribution in [0.5, 0.6) is 0 Å². The van der Waals surface area contributed by atoms with Gasteiger partial charge in [0.05, 0.1) is 16.8 Å². The van der Waals surface area contributed by atoms with E-state index in [0.717, 1.165) is 44.7 Å². The van der Waals surface area contributed by atoms with E-state index in [1.54, 1.807) is 11.3 Å². The molecule has 2 heterocycles. The van der Waals surface area contributed by atoms with Crippen molar-refractivity contribution in [1.29, 1.82) is 0 Å². The zero-order valence-electron chi connectivity index (χ0n) is 15.8. The van der Waals surface area contributed by atoms with Crippen molar-refractivity contribution in [2.45, 2.75) is 32.5 Å². The number of fused-ring (bicyclic) bond motifs is 1. The molecule has 0 bridgehead atoms. The van der Waals surface area contributed by atoms with Gasteiger partial charge < -0.3 is 5.11 Å². The predicted molar refractivity (Wildman–Crippen MR) is 112 cm³/mol. The molecular weight excluding hydrogens is 354 g/mol. The number of aromatic nitrogens is 1.